The number of ether oxygens (including phenoxy) is 1. The van der Waals surface area contributed by atoms with Crippen molar-refractivity contribution < 1.29 is 17.9 Å². The second kappa shape index (κ2) is 6.40. The van der Waals surface area contributed by atoms with Crippen LogP contribution in [0.3, 0.4) is 0 Å². The molecule has 16 heavy (non-hydrogen) atoms. The van der Waals surface area contributed by atoms with Gasteiger partial charge in [-0.3, -0.25) is 0 Å². The van der Waals surface area contributed by atoms with Crippen LogP contribution < -0.4 is 0 Å². The average molecular weight is 234 g/mol. The Bertz CT molecular complexity index is 287. The summed E-state index contributed by atoms with van der Waals surface area (Å²) < 4.78 is 39.1. The van der Waals surface area contributed by atoms with Crippen molar-refractivity contribution in [2.75, 3.05) is 0 Å². The molecule has 0 fully saturated rings. The molecule has 0 rings (SSSR count). The normalized spacial score (nSPS) is 15.2. The van der Waals surface area contributed by atoms with E-state index in [-0.39, 0.29) is 0 Å². The summed E-state index contributed by atoms with van der Waals surface area (Å²) in [5, 5.41) is 0. The van der Waals surface area contributed by atoms with Crippen molar-refractivity contribution in [1.29, 1.82) is 0 Å². The summed E-state index contributed by atoms with van der Waals surface area (Å²) in [6.45, 7) is 9.05. The van der Waals surface area contributed by atoms with Gasteiger partial charge in [0.1, 0.15) is 5.76 Å². The van der Waals surface area contributed by atoms with Crippen molar-refractivity contribution in [2.45, 2.75) is 33.6 Å². The predicted octanol–water partition coefficient (Wildman–Crippen LogP) is 4.59. The summed E-state index contributed by atoms with van der Waals surface area (Å²) in [6.07, 6.45) is 0.952. The minimum atomic E-state index is -4.67. The summed E-state index contributed by atoms with van der Waals surface area (Å²) in [6, 6.07) is 0. The first-order chi connectivity index (χ1) is 7.30. The van der Waals surface area contributed by atoms with Gasteiger partial charge >= 0.3 is 6.36 Å². The lowest BCUT2D eigenvalue weighted by Gasteiger charge is -2.11. The Morgan fingerprint density at radius 3 is 2.31 bits per heavy atom. The summed E-state index contributed by atoms with van der Waals surface area (Å²) in [5.74, 6) is -0.102. The molecule has 0 bridgehead atoms. The van der Waals surface area contributed by atoms with Crippen LogP contribution in [-0.2, 0) is 4.74 Å². The molecule has 0 aromatic heterocycles. The molecular weight excluding hydrogens is 217 g/mol. The number of hydrogen-bond donors (Lipinski definition) is 0. The zero-order chi connectivity index (χ0) is 12.8. The number of halogens is 3. The van der Waals surface area contributed by atoms with Crippen molar-refractivity contribution in [3.8, 4) is 0 Å². The molecule has 0 aliphatic rings. The minimum absolute atomic E-state index is 0.305. The van der Waals surface area contributed by atoms with Crippen LogP contribution in [0.15, 0.2) is 36.1 Å². The maximum Gasteiger partial charge on any atom is 0.573 e. The van der Waals surface area contributed by atoms with E-state index in [9.17, 15) is 13.2 Å². The van der Waals surface area contributed by atoms with Crippen LogP contribution in [-0.4, -0.2) is 6.36 Å². The summed E-state index contributed by atoms with van der Waals surface area (Å²) >= 11 is 0. The van der Waals surface area contributed by atoms with E-state index in [0.29, 0.717) is 5.92 Å². The summed E-state index contributed by atoms with van der Waals surface area (Å²) in [4.78, 5) is 0. The Labute approximate surface area is 94.3 Å². The smallest absolute Gasteiger partial charge is 0.406 e. The highest BCUT2D eigenvalue weighted by Crippen LogP contribution is 2.21. The van der Waals surface area contributed by atoms with E-state index in [0.717, 1.165) is 12.0 Å². The zero-order valence-electron chi connectivity index (χ0n) is 9.77. The third-order valence-electron chi connectivity index (χ3n) is 2.22. The predicted molar refractivity (Wildman–Crippen MR) is 58.6 cm³/mol. The Morgan fingerprint density at radius 1 is 1.38 bits per heavy atom. The lowest BCUT2D eigenvalue weighted by molar-refractivity contribution is -0.303. The molecule has 1 unspecified atom stereocenters. The van der Waals surface area contributed by atoms with E-state index in [1.54, 1.807) is 6.08 Å². The Balaban J connectivity index is 4.42. The number of allylic oxidation sites excluding steroid dienone is 4. The van der Waals surface area contributed by atoms with Gasteiger partial charge in [0.2, 0.25) is 0 Å². The topological polar surface area (TPSA) is 9.23 Å². The summed E-state index contributed by atoms with van der Waals surface area (Å²) in [5.41, 5.74) is 0.967. The quantitative estimate of drug-likeness (QED) is 0.499. The molecule has 0 aromatic carbocycles. The number of rotatable bonds is 5. The van der Waals surface area contributed by atoms with E-state index in [1.807, 2.05) is 26.8 Å². The van der Waals surface area contributed by atoms with Crippen LogP contribution in [0.25, 0.3) is 0 Å². The molecule has 1 nitrogen and oxygen atoms in total. The Hall–Kier alpha value is -1.19. The van der Waals surface area contributed by atoms with Gasteiger partial charge in [0, 0.05) is 0 Å². The van der Waals surface area contributed by atoms with Gasteiger partial charge in [-0.2, -0.15) is 0 Å². The zero-order valence-corrected chi connectivity index (χ0v) is 9.77. The maximum atomic E-state index is 11.8. The molecule has 0 aliphatic heterocycles. The maximum absolute atomic E-state index is 11.8. The van der Waals surface area contributed by atoms with Crippen molar-refractivity contribution in [3.63, 3.8) is 0 Å². The Morgan fingerprint density at radius 2 is 1.94 bits per heavy atom. The van der Waals surface area contributed by atoms with E-state index < -0.39 is 12.1 Å². The van der Waals surface area contributed by atoms with Gasteiger partial charge in [-0.05, 0) is 30.9 Å². The monoisotopic (exact) mass is 234 g/mol. The second-order valence-electron chi connectivity index (χ2n) is 3.45. The first-order valence-electron chi connectivity index (χ1n) is 5.09. The highest BCUT2D eigenvalue weighted by atomic mass is 19.4. The molecule has 0 aliphatic carbocycles. The Kier molecular flexibility index (Phi) is 5.93. The van der Waals surface area contributed by atoms with Crippen molar-refractivity contribution >= 4 is 0 Å². The largest absolute Gasteiger partial charge is 0.573 e. The molecule has 0 aromatic rings. The molecule has 1 atom stereocenters. The van der Waals surface area contributed by atoms with Crippen molar-refractivity contribution in [1.82, 2.24) is 0 Å². The van der Waals surface area contributed by atoms with Gasteiger partial charge in [-0.1, -0.05) is 32.6 Å². The number of alkyl halides is 3. The van der Waals surface area contributed by atoms with Crippen LogP contribution in [0, 0.1) is 5.92 Å². The summed E-state index contributed by atoms with van der Waals surface area (Å²) in [7, 11) is 0. The molecular formula is C12H17F3O. The van der Waals surface area contributed by atoms with E-state index in [4.69, 9.17) is 0 Å². The van der Waals surface area contributed by atoms with Gasteiger partial charge in [0.25, 0.3) is 0 Å². The molecule has 0 amide bonds. The molecule has 0 spiro atoms. The van der Waals surface area contributed by atoms with Crippen LogP contribution in [0.5, 0.6) is 0 Å². The molecule has 0 saturated heterocycles. The molecule has 0 N–H and O–H groups in total. The van der Waals surface area contributed by atoms with E-state index >= 15 is 0 Å². The van der Waals surface area contributed by atoms with Gasteiger partial charge in [-0.25, -0.2) is 0 Å². The van der Waals surface area contributed by atoms with E-state index in [2.05, 4.69) is 11.3 Å². The molecule has 0 radical (unpaired) electrons. The van der Waals surface area contributed by atoms with Gasteiger partial charge in [0.05, 0.1) is 0 Å². The lowest BCUT2D eigenvalue weighted by Crippen LogP contribution is -2.11. The highest BCUT2D eigenvalue weighted by molar-refractivity contribution is 5.25. The van der Waals surface area contributed by atoms with Crippen LogP contribution in [0.1, 0.15) is 27.2 Å². The van der Waals surface area contributed by atoms with Crippen LogP contribution in [0.2, 0.25) is 0 Å². The van der Waals surface area contributed by atoms with Crippen molar-refractivity contribution in [3.05, 3.63) is 36.1 Å². The SMILES string of the molecule is C=C(/C=C\C(=C/C)C(C)CC)OC(F)(F)F. The average Bonchev–Trinajstić information content (AvgIpc) is 2.15. The minimum Gasteiger partial charge on any atom is -0.406 e. The third kappa shape index (κ3) is 6.32. The fourth-order valence-electron chi connectivity index (χ4n) is 1.15. The molecule has 92 valence electrons. The van der Waals surface area contributed by atoms with E-state index in [1.165, 1.54) is 6.08 Å². The van der Waals surface area contributed by atoms with Gasteiger partial charge < -0.3 is 4.74 Å². The third-order valence-corrected chi connectivity index (χ3v) is 2.22. The standard InChI is InChI=1S/C12H17F3O/c1-5-9(3)11(6-2)8-7-10(4)16-12(13,14)15/h6-9H,4-5H2,1-3H3/b8-7-,11-6+. The second-order valence-corrected chi connectivity index (χ2v) is 3.45. The molecule has 4 heteroatoms. The van der Waals surface area contributed by atoms with Gasteiger partial charge in [0.15, 0.2) is 0 Å². The molecule has 0 heterocycles. The van der Waals surface area contributed by atoms with Crippen molar-refractivity contribution in [2.24, 2.45) is 5.92 Å². The first-order valence-corrected chi connectivity index (χ1v) is 5.09. The molecule has 0 saturated carbocycles. The fraction of sp³-hybridized carbons (Fsp3) is 0.500. The number of hydrogen-bond acceptors (Lipinski definition) is 1. The highest BCUT2D eigenvalue weighted by Gasteiger charge is 2.30. The fourth-order valence-corrected chi connectivity index (χ4v) is 1.15. The lowest BCUT2D eigenvalue weighted by atomic mass is 9.98. The first kappa shape index (κ1) is 14.8. The van der Waals surface area contributed by atoms with Crippen LogP contribution >= 0.6 is 0 Å². The van der Waals surface area contributed by atoms with Gasteiger partial charge in [-0.15, -0.1) is 13.2 Å². The van der Waals surface area contributed by atoms with Crippen LogP contribution in [0.4, 0.5) is 13.2 Å².